The molecular formula is C9H18O6S2. The maximum Gasteiger partial charge on any atom is 0.304 e. The molecule has 0 aliphatic heterocycles. The van der Waals surface area contributed by atoms with Crippen molar-refractivity contribution in [2.75, 3.05) is 17.3 Å². The molecule has 6 nitrogen and oxygen atoms in total. The Balaban J connectivity index is 4.52. The molecule has 1 N–H and O–H groups in total. The molecule has 0 rings (SSSR count). The average molecular weight is 286 g/mol. The van der Waals surface area contributed by atoms with E-state index in [1.165, 1.54) is 6.92 Å². The SMILES string of the molecule is CCCS(=O)(=O)CCS(=O)(=O)C(C)CC(=O)O. The topological polar surface area (TPSA) is 106 Å². The van der Waals surface area contributed by atoms with Crippen LogP contribution in [0, 0.1) is 0 Å². The van der Waals surface area contributed by atoms with Crippen molar-refractivity contribution in [3.63, 3.8) is 0 Å². The fourth-order valence-corrected chi connectivity index (χ4v) is 4.80. The summed E-state index contributed by atoms with van der Waals surface area (Å²) < 4.78 is 45.9. The molecule has 0 saturated heterocycles. The van der Waals surface area contributed by atoms with Gasteiger partial charge in [-0.25, -0.2) is 16.8 Å². The van der Waals surface area contributed by atoms with Crippen molar-refractivity contribution in [3.05, 3.63) is 0 Å². The molecule has 0 aliphatic rings. The summed E-state index contributed by atoms with van der Waals surface area (Å²) in [7, 11) is -7.02. The van der Waals surface area contributed by atoms with Crippen LogP contribution in [0.2, 0.25) is 0 Å². The normalized spacial score (nSPS) is 14.5. The molecule has 102 valence electrons. The molecule has 0 heterocycles. The minimum atomic E-state index is -3.67. The van der Waals surface area contributed by atoms with E-state index in [4.69, 9.17) is 5.11 Å². The number of carboxylic acids is 1. The molecule has 0 radical (unpaired) electrons. The third-order valence-electron chi connectivity index (χ3n) is 2.27. The van der Waals surface area contributed by atoms with E-state index < -0.39 is 48.8 Å². The van der Waals surface area contributed by atoms with Gasteiger partial charge in [0.2, 0.25) is 0 Å². The van der Waals surface area contributed by atoms with E-state index in [1.54, 1.807) is 6.92 Å². The summed E-state index contributed by atoms with van der Waals surface area (Å²) in [5, 5.41) is 7.42. The molecule has 0 amide bonds. The molecule has 0 bridgehead atoms. The van der Waals surface area contributed by atoms with Gasteiger partial charge in [0.25, 0.3) is 0 Å². The van der Waals surface area contributed by atoms with Crippen LogP contribution in [0.3, 0.4) is 0 Å². The number of sulfone groups is 2. The van der Waals surface area contributed by atoms with E-state index in [9.17, 15) is 21.6 Å². The second-order valence-electron chi connectivity index (χ2n) is 3.93. The third kappa shape index (κ3) is 6.62. The minimum Gasteiger partial charge on any atom is -0.481 e. The van der Waals surface area contributed by atoms with Crippen LogP contribution in [0.25, 0.3) is 0 Å². The second kappa shape index (κ2) is 6.34. The summed E-state index contributed by atoms with van der Waals surface area (Å²) in [5.74, 6) is -2.20. The molecule has 0 spiro atoms. The van der Waals surface area contributed by atoms with Crippen LogP contribution in [0.15, 0.2) is 0 Å². The van der Waals surface area contributed by atoms with E-state index >= 15 is 0 Å². The molecule has 1 unspecified atom stereocenters. The van der Waals surface area contributed by atoms with Gasteiger partial charge in [0, 0.05) is 5.75 Å². The maximum atomic E-state index is 11.6. The number of aliphatic carboxylic acids is 1. The molecule has 0 aliphatic carbocycles. The predicted molar refractivity (Wildman–Crippen MR) is 64.4 cm³/mol. The highest BCUT2D eigenvalue weighted by molar-refractivity contribution is 7.95. The fourth-order valence-electron chi connectivity index (χ4n) is 1.23. The van der Waals surface area contributed by atoms with Crippen molar-refractivity contribution in [1.29, 1.82) is 0 Å². The number of carbonyl (C=O) groups is 1. The standard InChI is InChI=1S/C9H18O6S2/c1-3-4-16(12,13)5-6-17(14,15)8(2)7-9(10)11/h8H,3-7H2,1-2H3,(H,10,11). The van der Waals surface area contributed by atoms with Crippen molar-refractivity contribution >= 4 is 25.6 Å². The van der Waals surface area contributed by atoms with Gasteiger partial charge in [0.05, 0.1) is 23.2 Å². The number of hydrogen-bond acceptors (Lipinski definition) is 5. The highest BCUT2D eigenvalue weighted by atomic mass is 32.2. The minimum absolute atomic E-state index is 0.0458. The summed E-state index contributed by atoms with van der Waals surface area (Å²) in [6.07, 6.45) is -0.0663. The summed E-state index contributed by atoms with van der Waals surface area (Å²) in [4.78, 5) is 10.4. The Morgan fingerprint density at radius 3 is 2.06 bits per heavy atom. The van der Waals surface area contributed by atoms with Gasteiger partial charge < -0.3 is 5.11 Å². The van der Waals surface area contributed by atoms with Crippen molar-refractivity contribution in [2.45, 2.75) is 31.9 Å². The van der Waals surface area contributed by atoms with Crippen molar-refractivity contribution in [3.8, 4) is 0 Å². The van der Waals surface area contributed by atoms with Gasteiger partial charge in [-0.1, -0.05) is 6.92 Å². The first kappa shape index (κ1) is 16.4. The van der Waals surface area contributed by atoms with Crippen LogP contribution >= 0.6 is 0 Å². The lowest BCUT2D eigenvalue weighted by Gasteiger charge is -2.10. The summed E-state index contributed by atoms with van der Waals surface area (Å²) in [5.41, 5.74) is 0. The average Bonchev–Trinajstić information content (AvgIpc) is 2.14. The monoisotopic (exact) mass is 286 g/mol. The lowest BCUT2D eigenvalue weighted by molar-refractivity contribution is -0.136. The van der Waals surface area contributed by atoms with E-state index in [0.29, 0.717) is 6.42 Å². The van der Waals surface area contributed by atoms with Crippen LogP contribution in [0.5, 0.6) is 0 Å². The first-order valence-electron chi connectivity index (χ1n) is 5.24. The maximum absolute atomic E-state index is 11.6. The quantitative estimate of drug-likeness (QED) is 0.678. The van der Waals surface area contributed by atoms with Gasteiger partial charge in [-0.2, -0.15) is 0 Å². The van der Waals surface area contributed by atoms with Gasteiger partial charge >= 0.3 is 5.97 Å². The van der Waals surface area contributed by atoms with Gasteiger partial charge in [-0.15, -0.1) is 0 Å². The Kier molecular flexibility index (Phi) is 6.11. The largest absolute Gasteiger partial charge is 0.481 e. The van der Waals surface area contributed by atoms with Crippen LogP contribution in [0.1, 0.15) is 26.7 Å². The Labute approximate surface area is 102 Å². The van der Waals surface area contributed by atoms with E-state index in [0.717, 1.165) is 0 Å². The lowest BCUT2D eigenvalue weighted by Crippen LogP contribution is -2.28. The number of carboxylic acid groups (broad SMARTS) is 1. The second-order valence-corrected chi connectivity index (χ2v) is 8.77. The van der Waals surface area contributed by atoms with Crippen LogP contribution in [-0.2, 0) is 24.5 Å². The summed E-state index contributed by atoms with van der Waals surface area (Å²) in [6, 6.07) is 0. The molecule has 0 aromatic carbocycles. The highest BCUT2D eigenvalue weighted by Gasteiger charge is 2.25. The van der Waals surface area contributed by atoms with E-state index in [1.807, 2.05) is 0 Å². The first-order chi connectivity index (χ1) is 7.60. The zero-order valence-electron chi connectivity index (χ0n) is 9.92. The molecule has 1 atom stereocenters. The number of hydrogen-bond donors (Lipinski definition) is 1. The smallest absolute Gasteiger partial charge is 0.304 e. The van der Waals surface area contributed by atoms with E-state index in [-0.39, 0.29) is 5.75 Å². The van der Waals surface area contributed by atoms with Gasteiger partial charge in [0.1, 0.15) is 0 Å². The zero-order chi connectivity index (χ0) is 13.7. The van der Waals surface area contributed by atoms with Crippen molar-refractivity contribution in [2.24, 2.45) is 0 Å². The van der Waals surface area contributed by atoms with E-state index in [2.05, 4.69) is 0 Å². The van der Waals surface area contributed by atoms with Crippen LogP contribution < -0.4 is 0 Å². The molecule has 17 heavy (non-hydrogen) atoms. The highest BCUT2D eigenvalue weighted by Crippen LogP contribution is 2.08. The molecule has 8 heteroatoms. The van der Waals surface area contributed by atoms with Crippen LogP contribution in [-0.4, -0.2) is 50.4 Å². The fraction of sp³-hybridized carbons (Fsp3) is 0.889. The Morgan fingerprint density at radius 1 is 1.12 bits per heavy atom. The van der Waals surface area contributed by atoms with Crippen molar-refractivity contribution < 1.29 is 26.7 Å². The Bertz CT molecular complexity index is 448. The molecule has 0 aromatic heterocycles. The Morgan fingerprint density at radius 2 is 1.65 bits per heavy atom. The molecular weight excluding hydrogens is 268 g/mol. The number of rotatable bonds is 8. The van der Waals surface area contributed by atoms with Gasteiger partial charge in [0.15, 0.2) is 19.7 Å². The lowest BCUT2D eigenvalue weighted by atomic mass is 10.3. The van der Waals surface area contributed by atoms with Crippen LogP contribution in [0.4, 0.5) is 0 Å². The predicted octanol–water partition coefficient (Wildman–Crippen LogP) is 0.0892. The van der Waals surface area contributed by atoms with Crippen molar-refractivity contribution in [1.82, 2.24) is 0 Å². The first-order valence-corrected chi connectivity index (χ1v) is 8.78. The third-order valence-corrected chi connectivity index (χ3v) is 6.55. The Hall–Kier alpha value is -0.630. The van der Waals surface area contributed by atoms with Gasteiger partial charge in [-0.3, -0.25) is 4.79 Å². The molecule has 0 aromatic rings. The zero-order valence-corrected chi connectivity index (χ0v) is 11.6. The molecule has 0 saturated carbocycles. The molecule has 0 fully saturated rings. The summed E-state index contributed by atoms with van der Waals surface area (Å²) in [6.45, 7) is 2.97. The van der Waals surface area contributed by atoms with Gasteiger partial charge in [-0.05, 0) is 13.3 Å². The summed E-state index contributed by atoms with van der Waals surface area (Å²) >= 11 is 0.